The van der Waals surface area contributed by atoms with Crippen LogP contribution in [-0.2, 0) is 23.8 Å². The molecule has 0 fully saturated rings. The third kappa shape index (κ3) is 5.63. The maximum absolute atomic E-state index is 14.2. The molecular weight excluding hydrogens is 490 g/mol. The Morgan fingerprint density at radius 3 is 2.49 bits per heavy atom. The minimum absolute atomic E-state index is 0.0962. The number of aryl methyl sites for hydroxylation is 3. The predicted molar refractivity (Wildman–Crippen MR) is 128 cm³/mol. The lowest BCUT2D eigenvalue weighted by Crippen LogP contribution is -2.19. The third-order valence-electron chi connectivity index (χ3n) is 5.82. The molecule has 0 saturated carbocycles. The lowest BCUT2D eigenvalue weighted by Gasteiger charge is -2.14. The zero-order chi connectivity index (χ0) is 26.7. The molecule has 0 unspecified atom stereocenters. The first-order chi connectivity index (χ1) is 17.6. The van der Waals surface area contributed by atoms with E-state index in [-0.39, 0.29) is 23.9 Å². The number of carbonyl (C=O) groups excluding carboxylic acids is 1. The van der Waals surface area contributed by atoms with Crippen LogP contribution in [-0.4, -0.2) is 32.4 Å². The van der Waals surface area contributed by atoms with Crippen LogP contribution in [0.2, 0.25) is 0 Å². The van der Waals surface area contributed by atoms with Crippen LogP contribution in [0.15, 0.2) is 60.8 Å². The van der Waals surface area contributed by atoms with E-state index in [2.05, 4.69) is 10.1 Å². The van der Waals surface area contributed by atoms with E-state index in [0.717, 1.165) is 22.9 Å². The van der Waals surface area contributed by atoms with Gasteiger partial charge in [-0.15, -0.1) is 0 Å². The zero-order valence-electron chi connectivity index (χ0n) is 20.0. The molecule has 1 N–H and O–H groups in total. The molecule has 0 bridgehead atoms. The summed E-state index contributed by atoms with van der Waals surface area (Å²) in [4.78, 5) is 16.4. The predicted octanol–water partition coefficient (Wildman–Crippen LogP) is 6.07. The monoisotopic (exact) mass is 513 g/mol. The highest BCUT2D eigenvalue weighted by Crippen LogP contribution is 2.34. The SMILES string of the molecule is CCOC(=O)c1cnn(-c2cccc(-c3cc(F)ccc3CCc3ccc(O)cc3C)n2)c1C(F)(F)F. The van der Waals surface area contributed by atoms with Crippen LogP contribution in [0.5, 0.6) is 5.75 Å². The first kappa shape index (κ1) is 25.9. The van der Waals surface area contributed by atoms with Gasteiger partial charge >= 0.3 is 12.1 Å². The van der Waals surface area contributed by atoms with Crippen molar-refractivity contribution < 1.29 is 32.2 Å². The Kier molecular flexibility index (Phi) is 7.28. The highest BCUT2D eigenvalue weighted by molar-refractivity contribution is 5.90. The molecule has 10 heteroatoms. The molecule has 2 aromatic heterocycles. The number of nitrogens with zero attached hydrogens (tertiary/aromatic N) is 3. The van der Waals surface area contributed by atoms with Crippen LogP contribution >= 0.6 is 0 Å². The standard InChI is InChI=1S/C27H23F4N3O3/c1-3-37-26(36)22-15-32-34(25(22)27(29,30)31)24-6-4-5-23(33-24)21-14-19(28)11-9-18(21)8-7-17-10-12-20(35)13-16(17)2/h4-6,9-15,35H,3,7-8H2,1-2H3. The number of rotatable bonds is 7. The summed E-state index contributed by atoms with van der Waals surface area (Å²) in [5.41, 5.74) is 1.27. The Labute approximate surface area is 210 Å². The van der Waals surface area contributed by atoms with Gasteiger partial charge in [0.15, 0.2) is 11.5 Å². The second kappa shape index (κ2) is 10.4. The number of esters is 1. The van der Waals surface area contributed by atoms with Gasteiger partial charge in [-0.2, -0.15) is 18.3 Å². The van der Waals surface area contributed by atoms with Crippen molar-refractivity contribution in [1.82, 2.24) is 14.8 Å². The molecule has 37 heavy (non-hydrogen) atoms. The lowest BCUT2D eigenvalue weighted by molar-refractivity contribution is -0.143. The zero-order valence-corrected chi connectivity index (χ0v) is 20.0. The third-order valence-corrected chi connectivity index (χ3v) is 5.82. The van der Waals surface area contributed by atoms with E-state index in [9.17, 15) is 27.5 Å². The van der Waals surface area contributed by atoms with Gasteiger partial charge in [0.1, 0.15) is 17.1 Å². The minimum atomic E-state index is -4.91. The van der Waals surface area contributed by atoms with Gasteiger partial charge in [0.25, 0.3) is 0 Å². The molecule has 0 amide bonds. The van der Waals surface area contributed by atoms with Crippen LogP contribution in [0, 0.1) is 12.7 Å². The molecule has 0 saturated heterocycles. The molecule has 4 aromatic rings. The Bertz CT molecular complexity index is 1450. The number of phenols is 1. The van der Waals surface area contributed by atoms with Crippen molar-refractivity contribution in [3.63, 3.8) is 0 Å². The van der Waals surface area contributed by atoms with Gasteiger partial charge in [0.05, 0.1) is 18.5 Å². The number of ether oxygens (including phenoxy) is 1. The van der Waals surface area contributed by atoms with E-state index >= 15 is 0 Å². The number of aromatic hydroxyl groups is 1. The number of aromatic nitrogens is 3. The highest BCUT2D eigenvalue weighted by atomic mass is 19.4. The van der Waals surface area contributed by atoms with Crippen molar-refractivity contribution in [2.45, 2.75) is 32.9 Å². The molecular formula is C27H23F4N3O3. The van der Waals surface area contributed by atoms with Gasteiger partial charge < -0.3 is 9.84 Å². The average Bonchev–Trinajstić information content (AvgIpc) is 3.31. The first-order valence-corrected chi connectivity index (χ1v) is 11.5. The molecule has 6 nitrogen and oxygen atoms in total. The molecule has 0 spiro atoms. The summed E-state index contributed by atoms with van der Waals surface area (Å²) in [7, 11) is 0. The number of pyridine rings is 1. The Morgan fingerprint density at radius 1 is 1.05 bits per heavy atom. The maximum Gasteiger partial charge on any atom is 0.434 e. The fraction of sp³-hybridized carbons (Fsp3) is 0.222. The summed E-state index contributed by atoms with van der Waals surface area (Å²) in [6.07, 6.45) is -3.04. The molecule has 2 heterocycles. The number of hydrogen-bond acceptors (Lipinski definition) is 5. The van der Waals surface area contributed by atoms with Crippen LogP contribution in [0.4, 0.5) is 17.6 Å². The quantitative estimate of drug-likeness (QED) is 0.240. The highest BCUT2D eigenvalue weighted by Gasteiger charge is 2.41. The molecule has 0 aliphatic heterocycles. The summed E-state index contributed by atoms with van der Waals surface area (Å²) in [5.74, 6) is -1.70. The van der Waals surface area contributed by atoms with E-state index in [1.165, 1.54) is 31.2 Å². The number of phenolic OH excluding ortho intramolecular Hbond substituents is 1. The van der Waals surface area contributed by atoms with Crippen LogP contribution in [0.3, 0.4) is 0 Å². The molecule has 0 aliphatic rings. The summed E-state index contributed by atoms with van der Waals surface area (Å²) in [5, 5.41) is 13.4. The van der Waals surface area contributed by atoms with E-state index in [1.807, 2.05) is 13.0 Å². The Balaban J connectivity index is 1.73. The van der Waals surface area contributed by atoms with Crippen LogP contribution in [0.1, 0.15) is 39.7 Å². The summed E-state index contributed by atoms with van der Waals surface area (Å²) < 4.78 is 61.3. The van der Waals surface area contributed by atoms with Gasteiger partial charge in [-0.25, -0.2) is 18.9 Å². The van der Waals surface area contributed by atoms with Gasteiger partial charge in [-0.3, -0.25) is 0 Å². The fourth-order valence-corrected chi connectivity index (χ4v) is 4.08. The van der Waals surface area contributed by atoms with Gasteiger partial charge in [0.2, 0.25) is 0 Å². The molecule has 192 valence electrons. The number of carbonyl (C=O) groups is 1. The number of hydrogen-bond donors (Lipinski definition) is 1. The Hall–Kier alpha value is -4.21. The lowest BCUT2D eigenvalue weighted by atomic mass is 9.95. The van der Waals surface area contributed by atoms with Crippen molar-refractivity contribution in [3.8, 4) is 22.8 Å². The topological polar surface area (TPSA) is 77.2 Å². The molecule has 0 atom stereocenters. The first-order valence-electron chi connectivity index (χ1n) is 11.5. The number of alkyl halides is 3. The largest absolute Gasteiger partial charge is 0.508 e. The minimum Gasteiger partial charge on any atom is -0.508 e. The van der Waals surface area contributed by atoms with Gasteiger partial charge in [0, 0.05) is 5.56 Å². The van der Waals surface area contributed by atoms with Crippen LogP contribution < -0.4 is 0 Å². The normalized spacial score (nSPS) is 11.5. The number of halogens is 4. The molecule has 0 radical (unpaired) electrons. The maximum atomic E-state index is 14.2. The second-order valence-corrected chi connectivity index (χ2v) is 8.33. The number of benzene rings is 2. The van der Waals surface area contributed by atoms with E-state index in [0.29, 0.717) is 23.1 Å². The smallest absolute Gasteiger partial charge is 0.434 e. The van der Waals surface area contributed by atoms with Crippen molar-refractivity contribution in [2.75, 3.05) is 6.61 Å². The van der Waals surface area contributed by atoms with Crippen molar-refractivity contribution in [3.05, 3.63) is 94.6 Å². The molecule has 0 aliphatic carbocycles. The summed E-state index contributed by atoms with van der Waals surface area (Å²) in [6.45, 7) is 3.26. The second-order valence-electron chi connectivity index (χ2n) is 8.33. The summed E-state index contributed by atoms with van der Waals surface area (Å²) >= 11 is 0. The fourth-order valence-electron chi connectivity index (χ4n) is 4.08. The van der Waals surface area contributed by atoms with Crippen molar-refractivity contribution >= 4 is 5.97 Å². The van der Waals surface area contributed by atoms with Gasteiger partial charge in [-0.1, -0.05) is 18.2 Å². The average molecular weight is 513 g/mol. The van der Waals surface area contributed by atoms with E-state index in [4.69, 9.17) is 4.74 Å². The van der Waals surface area contributed by atoms with Crippen molar-refractivity contribution in [1.29, 1.82) is 0 Å². The summed E-state index contributed by atoms with van der Waals surface area (Å²) in [6, 6.07) is 13.6. The van der Waals surface area contributed by atoms with Gasteiger partial charge in [-0.05, 0) is 79.8 Å². The van der Waals surface area contributed by atoms with E-state index in [1.54, 1.807) is 24.3 Å². The Morgan fingerprint density at radius 2 is 1.78 bits per heavy atom. The van der Waals surface area contributed by atoms with E-state index < -0.39 is 29.2 Å². The molecule has 2 aromatic carbocycles. The van der Waals surface area contributed by atoms with Crippen LogP contribution in [0.25, 0.3) is 17.1 Å². The molecule has 4 rings (SSSR count). The van der Waals surface area contributed by atoms with Crippen molar-refractivity contribution in [2.24, 2.45) is 0 Å².